The van der Waals surface area contributed by atoms with E-state index in [9.17, 15) is 9.59 Å². The minimum atomic E-state index is -0.183. The number of halogens is 2. The highest BCUT2D eigenvalue weighted by Crippen LogP contribution is 2.38. The van der Waals surface area contributed by atoms with Gasteiger partial charge in [-0.05, 0) is 37.0 Å². The number of benzene rings is 1. The van der Waals surface area contributed by atoms with Gasteiger partial charge in [0.25, 0.3) is 0 Å². The highest BCUT2D eigenvalue weighted by molar-refractivity contribution is 6.35. The van der Waals surface area contributed by atoms with Crippen LogP contribution in [0.5, 0.6) is 0 Å². The van der Waals surface area contributed by atoms with Crippen LogP contribution in [-0.2, 0) is 16.0 Å². The second kappa shape index (κ2) is 8.55. The van der Waals surface area contributed by atoms with Crippen molar-refractivity contribution in [1.29, 1.82) is 0 Å². The standard InChI is InChI=1S/C17H22Cl2N2O2/c1-2-3-7-20-16(22)13-10-14(13)17(23)21-8-6-11-4-5-12(18)9-15(11)19/h4-5,9,13-14H,2-3,6-8,10H2,1H3,(H,20,22)(H,21,23). The van der Waals surface area contributed by atoms with Crippen LogP contribution in [0, 0.1) is 11.8 Å². The van der Waals surface area contributed by atoms with Crippen LogP contribution in [0.2, 0.25) is 10.0 Å². The van der Waals surface area contributed by atoms with Crippen LogP contribution in [0.15, 0.2) is 18.2 Å². The predicted octanol–water partition coefficient (Wildman–Crippen LogP) is 3.20. The summed E-state index contributed by atoms with van der Waals surface area (Å²) in [6.45, 7) is 3.27. The quantitative estimate of drug-likeness (QED) is 0.702. The number of unbranched alkanes of at least 4 members (excludes halogenated alkanes) is 1. The van der Waals surface area contributed by atoms with E-state index in [-0.39, 0.29) is 23.7 Å². The Balaban J connectivity index is 1.69. The first-order valence-corrected chi connectivity index (χ1v) is 8.78. The van der Waals surface area contributed by atoms with Crippen molar-refractivity contribution in [1.82, 2.24) is 10.6 Å². The fourth-order valence-corrected chi connectivity index (χ4v) is 2.97. The molecule has 1 saturated carbocycles. The molecule has 0 heterocycles. The second-order valence-electron chi connectivity index (χ2n) is 5.87. The molecule has 1 aromatic rings. The van der Waals surface area contributed by atoms with Crippen molar-refractivity contribution in [3.63, 3.8) is 0 Å². The van der Waals surface area contributed by atoms with Gasteiger partial charge >= 0.3 is 0 Å². The summed E-state index contributed by atoms with van der Waals surface area (Å²) in [6.07, 6.45) is 3.30. The average molecular weight is 357 g/mol. The van der Waals surface area contributed by atoms with Crippen LogP contribution in [-0.4, -0.2) is 24.9 Å². The van der Waals surface area contributed by atoms with Crippen molar-refractivity contribution in [2.75, 3.05) is 13.1 Å². The highest BCUT2D eigenvalue weighted by atomic mass is 35.5. The van der Waals surface area contributed by atoms with Gasteiger partial charge in [0.2, 0.25) is 11.8 Å². The number of nitrogens with one attached hydrogen (secondary N) is 2. The minimum absolute atomic E-state index is 0.000606. The first-order valence-electron chi connectivity index (χ1n) is 8.02. The molecule has 2 unspecified atom stereocenters. The summed E-state index contributed by atoms with van der Waals surface area (Å²) in [4.78, 5) is 23.9. The zero-order valence-electron chi connectivity index (χ0n) is 13.2. The van der Waals surface area contributed by atoms with Crippen molar-refractivity contribution < 1.29 is 9.59 Å². The van der Waals surface area contributed by atoms with E-state index < -0.39 is 0 Å². The van der Waals surface area contributed by atoms with E-state index in [1.165, 1.54) is 0 Å². The Hall–Kier alpha value is -1.26. The fraction of sp³-hybridized carbons (Fsp3) is 0.529. The molecular formula is C17H22Cl2N2O2. The van der Waals surface area contributed by atoms with Gasteiger partial charge in [-0.15, -0.1) is 0 Å². The molecule has 0 radical (unpaired) electrons. The molecule has 126 valence electrons. The molecular weight excluding hydrogens is 335 g/mol. The van der Waals surface area contributed by atoms with E-state index in [2.05, 4.69) is 17.6 Å². The molecule has 2 N–H and O–H groups in total. The van der Waals surface area contributed by atoms with Gasteiger partial charge < -0.3 is 10.6 Å². The molecule has 1 aromatic carbocycles. The summed E-state index contributed by atoms with van der Waals surface area (Å²) in [6, 6.07) is 5.33. The van der Waals surface area contributed by atoms with Crippen molar-refractivity contribution >= 4 is 35.0 Å². The monoisotopic (exact) mass is 356 g/mol. The number of amides is 2. The Bertz CT molecular complexity index is 578. The lowest BCUT2D eigenvalue weighted by molar-refractivity contribution is -0.127. The molecule has 23 heavy (non-hydrogen) atoms. The molecule has 4 nitrogen and oxygen atoms in total. The maximum Gasteiger partial charge on any atom is 0.223 e. The molecule has 6 heteroatoms. The summed E-state index contributed by atoms with van der Waals surface area (Å²) >= 11 is 11.9. The second-order valence-corrected chi connectivity index (χ2v) is 6.71. The van der Waals surface area contributed by atoms with Gasteiger partial charge in [0, 0.05) is 23.1 Å². The lowest BCUT2D eigenvalue weighted by atomic mass is 10.1. The van der Waals surface area contributed by atoms with Gasteiger partial charge in [0.1, 0.15) is 0 Å². The van der Waals surface area contributed by atoms with E-state index in [4.69, 9.17) is 23.2 Å². The van der Waals surface area contributed by atoms with Crippen molar-refractivity contribution in [3.8, 4) is 0 Å². The molecule has 1 aliphatic carbocycles. The lowest BCUT2D eigenvalue weighted by Crippen LogP contribution is -2.31. The normalized spacial score (nSPS) is 19.3. The van der Waals surface area contributed by atoms with Crippen LogP contribution in [0.4, 0.5) is 0 Å². The molecule has 0 aromatic heterocycles. The zero-order chi connectivity index (χ0) is 16.8. The van der Waals surface area contributed by atoms with Crippen LogP contribution in [0.25, 0.3) is 0 Å². The van der Waals surface area contributed by atoms with E-state index in [0.717, 1.165) is 18.4 Å². The average Bonchev–Trinajstić information content (AvgIpc) is 3.30. The van der Waals surface area contributed by atoms with Crippen molar-refractivity contribution in [3.05, 3.63) is 33.8 Å². The largest absolute Gasteiger partial charge is 0.356 e. The Kier molecular flexibility index (Phi) is 6.72. The molecule has 0 bridgehead atoms. The smallest absolute Gasteiger partial charge is 0.223 e. The molecule has 0 aliphatic heterocycles. The number of rotatable bonds is 8. The molecule has 1 fully saturated rings. The lowest BCUT2D eigenvalue weighted by Gasteiger charge is -2.07. The first-order chi connectivity index (χ1) is 11.0. The number of carbonyl (C=O) groups excluding carboxylic acids is 2. The highest BCUT2D eigenvalue weighted by Gasteiger charge is 2.47. The number of hydrogen-bond donors (Lipinski definition) is 2. The Morgan fingerprint density at radius 3 is 2.39 bits per heavy atom. The van der Waals surface area contributed by atoms with Crippen molar-refractivity contribution in [2.24, 2.45) is 11.8 Å². The third kappa shape index (κ3) is 5.40. The van der Waals surface area contributed by atoms with Crippen LogP contribution in [0.1, 0.15) is 31.7 Å². The number of carbonyl (C=O) groups is 2. The first kappa shape index (κ1) is 18.1. The maximum atomic E-state index is 12.0. The predicted molar refractivity (Wildman–Crippen MR) is 92.7 cm³/mol. The summed E-state index contributed by atoms with van der Waals surface area (Å²) in [5.74, 6) is -0.395. The summed E-state index contributed by atoms with van der Waals surface area (Å²) < 4.78 is 0. The topological polar surface area (TPSA) is 58.2 Å². The molecule has 2 rings (SSSR count). The molecule has 1 aliphatic rings. The van der Waals surface area contributed by atoms with Crippen molar-refractivity contribution in [2.45, 2.75) is 32.6 Å². The minimum Gasteiger partial charge on any atom is -0.356 e. The van der Waals surface area contributed by atoms with E-state index >= 15 is 0 Å². The summed E-state index contributed by atoms with van der Waals surface area (Å²) in [5.41, 5.74) is 0.945. The van der Waals surface area contributed by atoms with Gasteiger partial charge in [-0.3, -0.25) is 9.59 Å². The van der Waals surface area contributed by atoms with Gasteiger partial charge in [-0.25, -0.2) is 0 Å². The molecule has 0 saturated heterocycles. The summed E-state index contributed by atoms with van der Waals surface area (Å²) in [7, 11) is 0. The van der Waals surface area contributed by atoms with Gasteiger partial charge in [-0.1, -0.05) is 42.6 Å². The zero-order valence-corrected chi connectivity index (χ0v) is 14.7. The third-order valence-electron chi connectivity index (χ3n) is 4.00. The van der Waals surface area contributed by atoms with Crippen LogP contribution in [0.3, 0.4) is 0 Å². The Labute approximate surface area is 146 Å². The fourth-order valence-electron chi connectivity index (χ4n) is 2.47. The molecule has 0 spiro atoms. The van der Waals surface area contributed by atoms with E-state index in [1.807, 2.05) is 6.07 Å². The van der Waals surface area contributed by atoms with E-state index in [0.29, 0.717) is 36.0 Å². The van der Waals surface area contributed by atoms with Gasteiger partial charge in [0.05, 0.1) is 11.8 Å². The molecule has 2 atom stereocenters. The van der Waals surface area contributed by atoms with Gasteiger partial charge in [0.15, 0.2) is 0 Å². The SMILES string of the molecule is CCCCNC(=O)C1CC1C(=O)NCCc1ccc(Cl)cc1Cl. The van der Waals surface area contributed by atoms with Crippen LogP contribution >= 0.6 is 23.2 Å². The maximum absolute atomic E-state index is 12.0. The Morgan fingerprint density at radius 2 is 1.78 bits per heavy atom. The summed E-state index contributed by atoms with van der Waals surface area (Å²) in [5, 5.41) is 6.95. The van der Waals surface area contributed by atoms with Crippen LogP contribution < -0.4 is 10.6 Å². The molecule has 2 amide bonds. The third-order valence-corrected chi connectivity index (χ3v) is 4.59. The Morgan fingerprint density at radius 1 is 1.13 bits per heavy atom. The van der Waals surface area contributed by atoms with E-state index in [1.54, 1.807) is 12.1 Å². The number of hydrogen-bond acceptors (Lipinski definition) is 2. The van der Waals surface area contributed by atoms with Gasteiger partial charge in [-0.2, -0.15) is 0 Å².